The molecular weight excluding hydrogens is 469 g/mol. The average molecular weight is 483 g/mol. The minimum absolute atomic E-state index is 0.0413. The van der Waals surface area contributed by atoms with Gasteiger partial charge in [-0.05, 0) is 42.5 Å². The van der Waals surface area contributed by atoms with Crippen LogP contribution >= 0.6 is 11.6 Å². The molecule has 0 aromatic heterocycles. The van der Waals surface area contributed by atoms with Crippen molar-refractivity contribution in [3.63, 3.8) is 0 Å². The standard InChI is InChI=1S/C17H14ClF3N2O5S2/c1-10-9-29(25,26)23(16(10)24)12-3-5-13(6-4-12)30(27,28)22-15-8-11(17(19,20)21)2-7-14(15)18/h2-8,10,22H,9H2,1H3/t10-/m1/s1. The second-order valence-corrected chi connectivity index (χ2v) is 10.5. The van der Waals surface area contributed by atoms with Gasteiger partial charge in [0.05, 0.1) is 38.5 Å². The summed E-state index contributed by atoms with van der Waals surface area (Å²) >= 11 is 5.81. The van der Waals surface area contributed by atoms with Gasteiger partial charge in [-0.2, -0.15) is 13.2 Å². The summed E-state index contributed by atoms with van der Waals surface area (Å²) in [7, 11) is -8.21. The molecule has 1 aliphatic heterocycles. The van der Waals surface area contributed by atoms with Crippen molar-refractivity contribution in [2.75, 3.05) is 14.8 Å². The Bertz CT molecular complexity index is 1210. The van der Waals surface area contributed by atoms with Crippen LogP contribution in [0.1, 0.15) is 12.5 Å². The van der Waals surface area contributed by atoms with E-state index in [-0.39, 0.29) is 21.4 Å². The predicted molar refractivity (Wildman–Crippen MR) is 104 cm³/mol. The third-order valence-electron chi connectivity index (χ3n) is 4.28. The molecular formula is C17H14ClF3N2O5S2. The van der Waals surface area contributed by atoms with E-state index >= 15 is 0 Å². The number of benzene rings is 2. The van der Waals surface area contributed by atoms with Gasteiger partial charge < -0.3 is 0 Å². The van der Waals surface area contributed by atoms with Gasteiger partial charge in [-0.3, -0.25) is 9.52 Å². The van der Waals surface area contributed by atoms with E-state index in [0.717, 1.165) is 30.3 Å². The number of hydrogen-bond donors (Lipinski definition) is 1. The van der Waals surface area contributed by atoms with E-state index in [1.54, 1.807) is 0 Å². The lowest BCUT2D eigenvalue weighted by Gasteiger charge is -2.16. The van der Waals surface area contributed by atoms with E-state index in [1.165, 1.54) is 6.92 Å². The average Bonchev–Trinajstić information content (AvgIpc) is 2.83. The van der Waals surface area contributed by atoms with Crippen LogP contribution < -0.4 is 9.03 Å². The van der Waals surface area contributed by atoms with Crippen molar-refractivity contribution in [2.45, 2.75) is 18.0 Å². The summed E-state index contributed by atoms with van der Waals surface area (Å²) in [4.78, 5) is 11.7. The number of sulfonamides is 2. The Labute approximate surface area is 175 Å². The lowest BCUT2D eigenvalue weighted by atomic mass is 10.2. The molecule has 0 unspecified atom stereocenters. The van der Waals surface area contributed by atoms with Gasteiger partial charge in [-0.25, -0.2) is 21.1 Å². The number of carbonyl (C=O) groups excluding carboxylic acids is 1. The van der Waals surface area contributed by atoms with Crippen LogP contribution in [-0.2, 0) is 31.0 Å². The van der Waals surface area contributed by atoms with Crippen molar-refractivity contribution in [1.29, 1.82) is 0 Å². The molecule has 1 N–H and O–H groups in total. The molecule has 1 atom stereocenters. The van der Waals surface area contributed by atoms with Crippen LogP contribution in [0.4, 0.5) is 24.5 Å². The third kappa shape index (κ3) is 4.25. The zero-order valence-electron chi connectivity index (χ0n) is 15.1. The van der Waals surface area contributed by atoms with E-state index in [9.17, 15) is 34.8 Å². The minimum atomic E-state index is -4.70. The summed E-state index contributed by atoms with van der Waals surface area (Å²) in [6, 6.07) is 6.49. The monoisotopic (exact) mass is 482 g/mol. The van der Waals surface area contributed by atoms with Gasteiger partial charge in [0.2, 0.25) is 15.9 Å². The summed E-state index contributed by atoms with van der Waals surface area (Å²) < 4.78 is 90.5. The Morgan fingerprint density at radius 3 is 2.23 bits per heavy atom. The number of nitrogens with zero attached hydrogens (tertiary/aromatic N) is 1. The second-order valence-electron chi connectivity index (χ2n) is 6.57. The summed E-state index contributed by atoms with van der Waals surface area (Å²) in [5.74, 6) is -1.73. The fourth-order valence-corrected chi connectivity index (χ4v) is 5.94. The summed E-state index contributed by atoms with van der Waals surface area (Å²) in [6.07, 6.45) is -4.70. The second kappa shape index (κ2) is 7.43. The highest BCUT2D eigenvalue weighted by molar-refractivity contribution is 7.94. The highest BCUT2D eigenvalue weighted by atomic mass is 35.5. The molecule has 162 valence electrons. The van der Waals surface area contributed by atoms with E-state index in [0.29, 0.717) is 16.4 Å². The zero-order chi connectivity index (χ0) is 22.5. The maximum Gasteiger partial charge on any atom is 0.416 e. The first-order chi connectivity index (χ1) is 13.7. The normalized spacial score (nSPS) is 19.2. The molecule has 0 spiro atoms. The van der Waals surface area contributed by atoms with E-state index in [4.69, 9.17) is 11.6 Å². The van der Waals surface area contributed by atoms with Crippen LogP contribution in [0.2, 0.25) is 5.02 Å². The molecule has 1 heterocycles. The highest BCUT2D eigenvalue weighted by Crippen LogP contribution is 2.35. The van der Waals surface area contributed by atoms with Crippen molar-refractivity contribution in [1.82, 2.24) is 0 Å². The molecule has 1 amide bonds. The van der Waals surface area contributed by atoms with Crippen LogP contribution in [-0.4, -0.2) is 28.5 Å². The molecule has 1 saturated heterocycles. The van der Waals surface area contributed by atoms with Crippen molar-refractivity contribution >= 4 is 48.9 Å². The molecule has 0 radical (unpaired) electrons. The van der Waals surface area contributed by atoms with E-state index < -0.39 is 49.3 Å². The van der Waals surface area contributed by atoms with Gasteiger partial charge in [0.15, 0.2) is 0 Å². The quantitative estimate of drug-likeness (QED) is 0.719. The Morgan fingerprint density at radius 1 is 1.13 bits per heavy atom. The molecule has 13 heteroatoms. The number of anilines is 2. The SMILES string of the molecule is C[C@@H]1CS(=O)(=O)N(c2ccc(S(=O)(=O)Nc3cc(C(F)(F)F)ccc3Cl)cc2)C1=O. The van der Waals surface area contributed by atoms with Crippen LogP contribution in [0.25, 0.3) is 0 Å². The Balaban J connectivity index is 1.91. The maximum atomic E-state index is 12.9. The molecule has 0 bridgehead atoms. The van der Waals surface area contributed by atoms with Crippen molar-refractivity contribution in [3.8, 4) is 0 Å². The molecule has 7 nitrogen and oxygen atoms in total. The van der Waals surface area contributed by atoms with Gasteiger partial charge in [0.25, 0.3) is 10.0 Å². The topological polar surface area (TPSA) is 101 Å². The van der Waals surface area contributed by atoms with Crippen molar-refractivity contribution in [3.05, 3.63) is 53.1 Å². The van der Waals surface area contributed by atoms with Crippen LogP contribution in [0.15, 0.2) is 47.4 Å². The zero-order valence-corrected chi connectivity index (χ0v) is 17.5. The number of alkyl halides is 3. The lowest BCUT2D eigenvalue weighted by Crippen LogP contribution is -2.30. The first kappa shape index (κ1) is 22.4. The Hall–Kier alpha value is -2.31. The van der Waals surface area contributed by atoms with E-state index in [1.807, 2.05) is 4.72 Å². The van der Waals surface area contributed by atoms with Gasteiger partial charge in [-0.1, -0.05) is 18.5 Å². The van der Waals surface area contributed by atoms with Crippen LogP contribution in [0.5, 0.6) is 0 Å². The number of halogens is 4. The van der Waals surface area contributed by atoms with Crippen LogP contribution in [0.3, 0.4) is 0 Å². The smallest absolute Gasteiger partial charge is 0.278 e. The number of hydrogen-bond acceptors (Lipinski definition) is 5. The Kier molecular flexibility index (Phi) is 5.54. The first-order valence-corrected chi connectivity index (χ1v) is 11.8. The van der Waals surface area contributed by atoms with Crippen LogP contribution in [0, 0.1) is 5.92 Å². The number of rotatable bonds is 4. The molecule has 2 aromatic carbocycles. The molecule has 2 aromatic rings. The summed E-state index contributed by atoms with van der Waals surface area (Å²) in [5, 5.41) is -0.245. The van der Waals surface area contributed by atoms with Gasteiger partial charge in [0, 0.05) is 0 Å². The highest BCUT2D eigenvalue weighted by Gasteiger charge is 2.42. The molecule has 1 fully saturated rings. The third-order valence-corrected chi connectivity index (χ3v) is 7.86. The number of amides is 1. The molecule has 0 saturated carbocycles. The minimum Gasteiger partial charge on any atom is -0.278 e. The fourth-order valence-electron chi connectivity index (χ4n) is 2.83. The van der Waals surface area contributed by atoms with E-state index in [2.05, 4.69) is 0 Å². The molecule has 3 rings (SSSR count). The van der Waals surface area contributed by atoms with Gasteiger partial charge >= 0.3 is 6.18 Å². The Morgan fingerprint density at radius 2 is 1.73 bits per heavy atom. The van der Waals surface area contributed by atoms with Gasteiger partial charge in [0.1, 0.15) is 0 Å². The van der Waals surface area contributed by atoms with Gasteiger partial charge in [-0.15, -0.1) is 0 Å². The summed E-state index contributed by atoms with van der Waals surface area (Å²) in [5.41, 5.74) is -1.60. The lowest BCUT2D eigenvalue weighted by molar-refractivity contribution is -0.137. The van der Waals surface area contributed by atoms with Crippen molar-refractivity contribution in [2.24, 2.45) is 5.92 Å². The summed E-state index contributed by atoms with van der Waals surface area (Å²) in [6.45, 7) is 1.46. The predicted octanol–water partition coefficient (Wildman–Crippen LogP) is 3.47. The van der Waals surface area contributed by atoms with Crippen molar-refractivity contribution < 1.29 is 34.8 Å². The first-order valence-electron chi connectivity index (χ1n) is 8.29. The molecule has 30 heavy (non-hydrogen) atoms. The fraction of sp³-hybridized carbons (Fsp3) is 0.235. The molecule has 0 aliphatic carbocycles. The number of nitrogens with one attached hydrogen (secondary N) is 1. The largest absolute Gasteiger partial charge is 0.416 e. The maximum absolute atomic E-state index is 12.9. The molecule has 1 aliphatic rings. The number of carbonyl (C=O) groups is 1.